The quantitative estimate of drug-likeness (QED) is 0.865. The number of hydrogen-bond donors (Lipinski definition) is 1. The molecule has 5 nitrogen and oxygen atoms in total. The molecule has 0 bridgehead atoms. The lowest BCUT2D eigenvalue weighted by molar-refractivity contribution is 0.0822. The maximum absolute atomic E-state index is 11.7. The Morgan fingerprint density at radius 1 is 1.56 bits per heavy atom. The van der Waals surface area contributed by atoms with Gasteiger partial charge in [-0.25, -0.2) is 0 Å². The van der Waals surface area contributed by atoms with E-state index < -0.39 is 10.8 Å². The molecular weight excluding hydrogens is 250 g/mol. The lowest BCUT2D eigenvalue weighted by atomic mass is 10.2. The van der Waals surface area contributed by atoms with Crippen LogP contribution in [0.25, 0.3) is 0 Å². The summed E-state index contributed by atoms with van der Waals surface area (Å²) in [6.45, 7) is 1.95. The lowest BCUT2D eigenvalue weighted by Crippen LogP contribution is -2.24. The Labute approximate surface area is 110 Å². The van der Waals surface area contributed by atoms with Gasteiger partial charge >= 0.3 is 0 Å². The van der Waals surface area contributed by atoms with Gasteiger partial charge in [0.15, 0.2) is 0 Å². The van der Waals surface area contributed by atoms with Crippen molar-refractivity contribution in [1.29, 1.82) is 0 Å². The minimum Gasteiger partial charge on any atom is -0.382 e. The van der Waals surface area contributed by atoms with E-state index in [0.29, 0.717) is 11.4 Å². The molecule has 0 fully saturated rings. The summed E-state index contributed by atoms with van der Waals surface area (Å²) in [5, 5.41) is 3.20. The third-order valence-electron chi connectivity index (χ3n) is 2.28. The number of amides is 1. The summed E-state index contributed by atoms with van der Waals surface area (Å²) < 4.78 is 11.1. The van der Waals surface area contributed by atoms with E-state index in [-0.39, 0.29) is 11.9 Å². The Hall–Kier alpha value is -1.43. The van der Waals surface area contributed by atoms with Crippen LogP contribution in [0.3, 0.4) is 0 Å². The molecule has 1 amide bonds. The largest absolute Gasteiger partial charge is 0.382 e. The number of carbonyl (C=O) groups excluding carboxylic acids is 1. The fraction of sp³-hybridized carbons (Fsp3) is 0.500. The number of pyridine rings is 1. The van der Waals surface area contributed by atoms with Gasteiger partial charge < -0.3 is 10.2 Å². The molecular formula is C12H19N3O2S. The molecule has 100 valence electrons. The Balaban J connectivity index is 2.76. The SMILES string of the molecule is CC(CS(C)=O)Nc1ccnc(C(=O)N(C)C)c1. The van der Waals surface area contributed by atoms with Gasteiger partial charge in [0.1, 0.15) is 5.69 Å². The van der Waals surface area contributed by atoms with Crippen molar-refractivity contribution in [2.24, 2.45) is 0 Å². The van der Waals surface area contributed by atoms with Gasteiger partial charge in [0.05, 0.1) is 0 Å². The summed E-state index contributed by atoms with van der Waals surface area (Å²) in [6.07, 6.45) is 3.26. The van der Waals surface area contributed by atoms with E-state index in [1.165, 1.54) is 4.90 Å². The molecule has 0 spiro atoms. The second kappa shape index (κ2) is 6.49. The smallest absolute Gasteiger partial charge is 0.272 e. The van der Waals surface area contributed by atoms with E-state index in [2.05, 4.69) is 10.3 Å². The molecule has 1 aromatic rings. The number of hydrogen-bond acceptors (Lipinski definition) is 4. The van der Waals surface area contributed by atoms with Crippen LogP contribution in [-0.2, 0) is 10.8 Å². The van der Waals surface area contributed by atoms with Crippen LogP contribution in [0, 0.1) is 0 Å². The molecule has 0 aliphatic heterocycles. The molecule has 2 unspecified atom stereocenters. The lowest BCUT2D eigenvalue weighted by Gasteiger charge is -2.15. The van der Waals surface area contributed by atoms with Crippen molar-refractivity contribution in [1.82, 2.24) is 9.88 Å². The van der Waals surface area contributed by atoms with Gasteiger partial charge in [-0.1, -0.05) is 0 Å². The van der Waals surface area contributed by atoms with Crippen LogP contribution in [0.5, 0.6) is 0 Å². The predicted octanol–water partition coefficient (Wildman–Crippen LogP) is 0.962. The second-order valence-electron chi connectivity index (χ2n) is 4.41. The molecule has 1 rings (SSSR count). The van der Waals surface area contributed by atoms with Gasteiger partial charge in [0.25, 0.3) is 5.91 Å². The molecule has 18 heavy (non-hydrogen) atoms. The van der Waals surface area contributed by atoms with Gasteiger partial charge in [-0.15, -0.1) is 0 Å². The third-order valence-corrected chi connectivity index (χ3v) is 3.25. The summed E-state index contributed by atoms with van der Waals surface area (Å²) in [5.41, 5.74) is 1.21. The average molecular weight is 269 g/mol. The number of carbonyl (C=O) groups is 1. The summed E-state index contributed by atoms with van der Waals surface area (Å²) in [6, 6.07) is 3.58. The molecule has 1 N–H and O–H groups in total. The van der Waals surface area contributed by atoms with Crippen LogP contribution in [0.15, 0.2) is 18.3 Å². The summed E-state index contributed by atoms with van der Waals surface area (Å²) in [4.78, 5) is 17.3. The first kappa shape index (κ1) is 14.6. The molecule has 0 aliphatic carbocycles. The normalized spacial score (nSPS) is 13.8. The number of anilines is 1. The van der Waals surface area contributed by atoms with Crippen molar-refractivity contribution in [3.8, 4) is 0 Å². The predicted molar refractivity (Wildman–Crippen MR) is 74.3 cm³/mol. The van der Waals surface area contributed by atoms with Crippen LogP contribution in [0.1, 0.15) is 17.4 Å². The van der Waals surface area contributed by atoms with Gasteiger partial charge in [-0.2, -0.15) is 0 Å². The van der Waals surface area contributed by atoms with E-state index >= 15 is 0 Å². The first-order chi connectivity index (χ1) is 8.40. The highest BCUT2D eigenvalue weighted by Crippen LogP contribution is 2.11. The molecule has 1 aromatic heterocycles. The Kier molecular flexibility index (Phi) is 5.27. The molecule has 1 heterocycles. The molecule has 6 heteroatoms. The van der Waals surface area contributed by atoms with E-state index in [1.54, 1.807) is 38.7 Å². The van der Waals surface area contributed by atoms with E-state index in [0.717, 1.165) is 5.69 Å². The zero-order valence-corrected chi connectivity index (χ0v) is 12.0. The van der Waals surface area contributed by atoms with Crippen LogP contribution in [0.2, 0.25) is 0 Å². The van der Waals surface area contributed by atoms with E-state index in [1.807, 2.05) is 6.92 Å². The average Bonchev–Trinajstić information content (AvgIpc) is 2.26. The molecule has 0 aromatic carbocycles. The van der Waals surface area contributed by atoms with Crippen LogP contribution >= 0.6 is 0 Å². The number of nitrogens with one attached hydrogen (secondary N) is 1. The second-order valence-corrected chi connectivity index (χ2v) is 5.89. The fourth-order valence-corrected chi connectivity index (χ4v) is 2.33. The van der Waals surface area contributed by atoms with Gasteiger partial charge in [0.2, 0.25) is 0 Å². The molecule has 0 saturated heterocycles. The van der Waals surface area contributed by atoms with Gasteiger partial charge in [-0.05, 0) is 19.1 Å². The summed E-state index contributed by atoms with van der Waals surface area (Å²) in [5.74, 6) is 0.435. The van der Waals surface area contributed by atoms with Crippen molar-refractivity contribution in [2.45, 2.75) is 13.0 Å². The fourth-order valence-electron chi connectivity index (χ4n) is 1.54. The van der Waals surface area contributed by atoms with E-state index in [9.17, 15) is 9.00 Å². The minimum absolute atomic E-state index is 0.0838. The Bertz CT molecular complexity index is 449. The molecule has 0 aliphatic rings. The van der Waals surface area contributed by atoms with Crippen molar-refractivity contribution in [3.05, 3.63) is 24.0 Å². The van der Waals surface area contributed by atoms with Gasteiger partial charge in [0, 0.05) is 54.8 Å². The highest BCUT2D eigenvalue weighted by Gasteiger charge is 2.11. The van der Waals surface area contributed by atoms with Crippen molar-refractivity contribution in [3.63, 3.8) is 0 Å². The maximum Gasteiger partial charge on any atom is 0.272 e. The monoisotopic (exact) mass is 269 g/mol. The van der Waals surface area contributed by atoms with Crippen LogP contribution in [-0.4, -0.2) is 52.1 Å². The first-order valence-corrected chi connectivity index (χ1v) is 7.37. The molecule has 0 radical (unpaired) electrons. The van der Waals surface area contributed by atoms with Crippen molar-refractivity contribution >= 4 is 22.4 Å². The molecule has 0 saturated carbocycles. The standard InChI is InChI=1S/C12H19N3O2S/c1-9(8-18(4)17)14-10-5-6-13-11(7-10)12(16)15(2)3/h5-7,9H,8H2,1-4H3,(H,13,14). The first-order valence-electron chi connectivity index (χ1n) is 5.64. The van der Waals surface area contributed by atoms with Crippen LogP contribution in [0.4, 0.5) is 5.69 Å². The Morgan fingerprint density at radius 3 is 2.78 bits per heavy atom. The topological polar surface area (TPSA) is 62.3 Å². The Morgan fingerprint density at radius 2 is 2.22 bits per heavy atom. The number of rotatable bonds is 5. The number of aromatic nitrogens is 1. The molecule has 2 atom stereocenters. The zero-order chi connectivity index (χ0) is 13.7. The van der Waals surface area contributed by atoms with Gasteiger partial charge in [-0.3, -0.25) is 14.0 Å². The van der Waals surface area contributed by atoms with E-state index in [4.69, 9.17) is 0 Å². The van der Waals surface area contributed by atoms with Crippen LogP contribution < -0.4 is 5.32 Å². The highest BCUT2D eigenvalue weighted by atomic mass is 32.2. The minimum atomic E-state index is -0.844. The third kappa shape index (κ3) is 4.44. The maximum atomic E-state index is 11.7. The zero-order valence-electron chi connectivity index (χ0n) is 11.1. The summed E-state index contributed by atoms with van der Waals surface area (Å²) >= 11 is 0. The van der Waals surface area contributed by atoms with Crippen molar-refractivity contribution in [2.75, 3.05) is 31.4 Å². The summed E-state index contributed by atoms with van der Waals surface area (Å²) in [7, 11) is 2.53. The number of nitrogens with zero attached hydrogens (tertiary/aromatic N) is 2. The van der Waals surface area contributed by atoms with Crippen molar-refractivity contribution < 1.29 is 9.00 Å². The highest BCUT2D eigenvalue weighted by molar-refractivity contribution is 7.84.